The largest absolute Gasteiger partial charge is 0.304 e. The predicted octanol–water partition coefficient (Wildman–Crippen LogP) is 4.47. The molecule has 1 heterocycles. The van der Waals surface area contributed by atoms with E-state index in [9.17, 15) is 4.79 Å². The Kier molecular flexibility index (Phi) is 3.48. The first-order valence-corrected chi connectivity index (χ1v) is 7.75. The first-order valence-electron chi connectivity index (χ1n) is 7.75. The highest BCUT2D eigenvalue weighted by molar-refractivity contribution is 5.84. The van der Waals surface area contributed by atoms with E-state index in [-0.39, 0.29) is 17.4 Å². The molecular formula is C19H23NO. The molecule has 1 aliphatic carbocycles. The Morgan fingerprint density at radius 1 is 1.14 bits per heavy atom. The zero-order valence-electron chi connectivity index (χ0n) is 13.0. The number of rotatable bonds is 1. The second kappa shape index (κ2) is 5.18. The summed E-state index contributed by atoms with van der Waals surface area (Å²) in [6, 6.07) is 10.3. The highest BCUT2D eigenvalue weighted by atomic mass is 16.2. The molecule has 110 valence electrons. The van der Waals surface area contributed by atoms with Gasteiger partial charge in [-0.2, -0.15) is 0 Å². The predicted molar refractivity (Wildman–Crippen MR) is 85.4 cm³/mol. The number of fused-ring (bicyclic) bond motifs is 1. The molecule has 0 spiro atoms. The van der Waals surface area contributed by atoms with Gasteiger partial charge in [-0.3, -0.25) is 4.79 Å². The van der Waals surface area contributed by atoms with Crippen molar-refractivity contribution in [3.05, 3.63) is 59.8 Å². The van der Waals surface area contributed by atoms with Crippen LogP contribution in [0.15, 0.2) is 54.3 Å². The van der Waals surface area contributed by atoms with Crippen LogP contribution in [-0.2, 0) is 4.79 Å². The van der Waals surface area contributed by atoms with Crippen LogP contribution in [0.5, 0.6) is 0 Å². The Balaban J connectivity index is 2.05. The molecule has 0 saturated heterocycles. The van der Waals surface area contributed by atoms with Crippen molar-refractivity contribution in [1.29, 1.82) is 0 Å². The Morgan fingerprint density at radius 3 is 2.52 bits per heavy atom. The average Bonchev–Trinajstić information content (AvgIpc) is 2.93. The molecule has 0 aromatic heterocycles. The number of carbonyl (C=O) groups excluding carboxylic acids is 1. The smallest absolute Gasteiger partial charge is 0.232 e. The number of benzene rings is 1. The minimum atomic E-state index is -0.369. The second-order valence-corrected chi connectivity index (χ2v) is 6.98. The van der Waals surface area contributed by atoms with Gasteiger partial charge >= 0.3 is 0 Å². The van der Waals surface area contributed by atoms with E-state index >= 15 is 0 Å². The van der Waals surface area contributed by atoms with Crippen LogP contribution in [0.2, 0.25) is 0 Å². The van der Waals surface area contributed by atoms with E-state index in [1.165, 1.54) is 11.3 Å². The Labute approximate surface area is 127 Å². The molecule has 0 radical (unpaired) electrons. The maximum absolute atomic E-state index is 13.0. The van der Waals surface area contributed by atoms with E-state index in [1.807, 2.05) is 43.9 Å². The van der Waals surface area contributed by atoms with E-state index in [0.29, 0.717) is 5.92 Å². The fourth-order valence-corrected chi connectivity index (χ4v) is 3.18. The molecule has 0 saturated carbocycles. The molecular weight excluding hydrogens is 258 g/mol. The van der Waals surface area contributed by atoms with E-state index in [0.717, 1.165) is 12.8 Å². The van der Waals surface area contributed by atoms with Crippen LogP contribution in [0.25, 0.3) is 0 Å². The lowest BCUT2D eigenvalue weighted by Crippen LogP contribution is -2.43. The van der Waals surface area contributed by atoms with Crippen LogP contribution in [-0.4, -0.2) is 10.8 Å². The van der Waals surface area contributed by atoms with E-state index in [1.54, 1.807) is 0 Å². The molecule has 0 N–H and O–H groups in total. The maximum Gasteiger partial charge on any atom is 0.232 e. The Bertz CT molecular complexity index is 592. The lowest BCUT2D eigenvalue weighted by molar-refractivity contribution is -0.139. The fraction of sp³-hybridized carbons (Fsp3) is 0.421. The molecule has 2 atom stereocenters. The van der Waals surface area contributed by atoms with E-state index < -0.39 is 0 Å². The van der Waals surface area contributed by atoms with Crippen molar-refractivity contribution >= 4 is 5.91 Å². The summed E-state index contributed by atoms with van der Waals surface area (Å²) in [5.74, 6) is 0.620. The first kappa shape index (κ1) is 14.1. The quantitative estimate of drug-likeness (QED) is 0.696. The third-order valence-corrected chi connectivity index (χ3v) is 4.29. The van der Waals surface area contributed by atoms with E-state index in [2.05, 4.69) is 30.4 Å². The number of nitrogens with zero attached hydrogens (tertiary/aromatic N) is 1. The molecule has 1 aliphatic heterocycles. The van der Waals surface area contributed by atoms with Crippen molar-refractivity contribution in [3.63, 3.8) is 0 Å². The molecule has 0 unspecified atom stereocenters. The van der Waals surface area contributed by atoms with Crippen LogP contribution in [0, 0.1) is 11.3 Å². The first-order chi connectivity index (χ1) is 9.98. The molecule has 2 aliphatic rings. The standard InChI is InChI=1S/C19H23NO/c1-19(2,3)18(21)20-16-11-7-10-15(16)12-13-17(20)14-8-5-4-6-9-14/h4-6,8-9,11-13,15,17H,7,10H2,1-3H3/t15-,17-/m0/s1. The van der Waals surface area contributed by atoms with Crippen LogP contribution in [0.3, 0.4) is 0 Å². The lowest BCUT2D eigenvalue weighted by Gasteiger charge is -2.40. The van der Waals surface area contributed by atoms with Gasteiger partial charge in [-0.05, 0) is 18.4 Å². The summed E-state index contributed by atoms with van der Waals surface area (Å²) >= 11 is 0. The molecule has 1 aromatic rings. The highest BCUT2D eigenvalue weighted by Crippen LogP contribution is 2.42. The number of amides is 1. The van der Waals surface area contributed by atoms with Crippen molar-refractivity contribution in [1.82, 2.24) is 4.90 Å². The fourth-order valence-electron chi connectivity index (χ4n) is 3.18. The molecule has 0 bridgehead atoms. The zero-order valence-corrected chi connectivity index (χ0v) is 13.0. The zero-order chi connectivity index (χ0) is 15.0. The summed E-state index contributed by atoms with van der Waals surface area (Å²) in [6.45, 7) is 6.00. The SMILES string of the molecule is CC(C)(C)C(=O)N1C2=CCC[C@H]2C=C[C@H]1c1ccccc1. The van der Waals surface area contributed by atoms with Gasteiger partial charge in [0.25, 0.3) is 0 Å². The monoisotopic (exact) mass is 281 g/mol. The van der Waals surface area contributed by atoms with E-state index in [4.69, 9.17) is 0 Å². The van der Waals surface area contributed by atoms with Crippen LogP contribution in [0.4, 0.5) is 0 Å². The van der Waals surface area contributed by atoms with Gasteiger partial charge in [-0.1, -0.05) is 69.3 Å². The van der Waals surface area contributed by atoms with Gasteiger partial charge in [0.2, 0.25) is 5.91 Å². The van der Waals surface area contributed by atoms with Crippen molar-refractivity contribution < 1.29 is 4.79 Å². The number of allylic oxidation sites excluding steroid dienone is 2. The van der Waals surface area contributed by atoms with Crippen LogP contribution < -0.4 is 0 Å². The molecule has 21 heavy (non-hydrogen) atoms. The van der Waals surface area contributed by atoms with Gasteiger partial charge in [-0.15, -0.1) is 0 Å². The summed E-state index contributed by atoms with van der Waals surface area (Å²) in [5, 5.41) is 0. The van der Waals surface area contributed by atoms with Gasteiger partial charge in [0.05, 0.1) is 6.04 Å². The molecule has 0 fully saturated rings. The molecule has 1 aromatic carbocycles. The van der Waals surface area contributed by atoms with Crippen molar-refractivity contribution in [3.8, 4) is 0 Å². The summed E-state index contributed by atoms with van der Waals surface area (Å²) < 4.78 is 0. The van der Waals surface area contributed by atoms with Crippen LogP contribution >= 0.6 is 0 Å². The summed E-state index contributed by atoms with van der Waals surface area (Å²) in [5.41, 5.74) is 2.01. The minimum absolute atomic E-state index is 0.0264. The van der Waals surface area contributed by atoms with Gasteiger partial charge in [-0.25, -0.2) is 0 Å². The van der Waals surface area contributed by atoms with Gasteiger partial charge in [0, 0.05) is 17.0 Å². The Morgan fingerprint density at radius 2 is 1.86 bits per heavy atom. The van der Waals surface area contributed by atoms with Gasteiger partial charge in [0.15, 0.2) is 0 Å². The van der Waals surface area contributed by atoms with Crippen molar-refractivity contribution in [2.24, 2.45) is 11.3 Å². The highest BCUT2D eigenvalue weighted by Gasteiger charge is 2.39. The van der Waals surface area contributed by atoms with Crippen molar-refractivity contribution in [2.75, 3.05) is 0 Å². The topological polar surface area (TPSA) is 20.3 Å². The summed E-state index contributed by atoms with van der Waals surface area (Å²) in [4.78, 5) is 15.0. The molecule has 1 amide bonds. The number of hydrogen-bond acceptors (Lipinski definition) is 1. The van der Waals surface area contributed by atoms with Crippen molar-refractivity contribution in [2.45, 2.75) is 39.7 Å². The summed E-state index contributed by atoms with van der Waals surface area (Å²) in [7, 11) is 0. The minimum Gasteiger partial charge on any atom is -0.304 e. The van der Waals surface area contributed by atoms with Gasteiger partial charge in [0.1, 0.15) is 0 Å². The molecule has 2 nitrogen and oxygen atoms in total. The normalized spacial score (nSPS) is 24.7. The number of hydrogen-bond donors (Lipinski definition) is 0. The van der Waals surface area contributed by atoms with Crippen LogP contribution in [0.1, 0.15) is 45.2 Å². The number of carbonyl (C=O) groups is 1. The average molecular weight is 281 g/mol. The summed E-state index contributed by atoms with van der Waals surface area (Å²) in [6.07, 6.45) is 8.92. The molecule has 2 heteroatoms. The second-order valence-electron chi connectivity index (χ2n) is 6.98. The molecule has 3 rings (SSSR count). The third-order valence-electron chi connectivity index (χ3n) is 4.29. The maximum atomic E-state index is 13.0. The van der Waals surface area contributed by atoms with Gasteiger partial charge < -0.3 is 4.90 Å². The lowest BCUT2D eigenvalue weighted by atomic mass is 9.88. The Hall–Kier alpha value is -1.83. The third kappa shape index (κ3) is 2.55.